The van der Waals surface area contributed by atoms with Crippen molar-refractivity contribution in [2.24, 2.45) is 0 Å². The van der Waals surface area contributed by atoms with E-state index in [0.717, 1.165) is 5.56 Å². The fourth-order valence-corrected chi connectivity index (χ4v) is 1.80. The van der Waals surface area contributed by atoms with Crippen molar-refractivity contribution in [2.75, 3.05) is 11.4 Å². The third-order valence-corrected chi connectivity index (χ3v) is 2.49. The van der Waals surface area contributed by atoms with E-state index in [-0.39, 0.29) is 12.5 Å². The summed E-state index contributed by atoms with van der Waals surface area (Å²) in [6.45, 7) is 1.94. The molecule has 1 N–H and O–H groups in total. The maximum atomic E-state index is 11.4. The van der Waals surface area contributed by atoms with Crippen molar-refractivity contribution in [3.63, 3.8) is 0 Å². The quantitative estimate of drug-likeness (QED) is 0.739. The Labute approximate surface area is 91.8 Å². The molecule has 15 heavy (non-hydrogen) atoms. The van der Waals surface area contributed by atoms with E-state index in [2.05, 4.69) is 5.32 Å². The predicted molar refractivity (Wildman–Crippen MR) is 57.1 cm³/mol. The van der Waals surface area contributed by atoms with Crippen LogP contribution < -0.4 is 10.2 Å². The van der Waals surface area contributed by atoms with Gasteiger partial charge < -0.3 is 0 Å². The van der Waals surface area contributed by atoms with Crippen molar-refractivity contribution < 1.29 is 9.59 Å². The van der Waals surface area contributed by atoms with Gasteiger partial charge in [-0.25, -0.2) is 4.79 Å². The van der Waals surface area contributed by atoms with Gasteiger partial charge in [0.1, 0.15) is 6.54 Å². The van der Waals surface area contributed by atoms with E-state index < -0.39 is 6.03 Å². The molecule has 1 heterocycles. The summed E-state index contributed by atoms with van der Waals surface area (Å²) in [6.07, 6.45) is 0. The van der Waals surface area contributed by atoms with Gasteiger partial charge in [-0.2, -0.15) is 0 Å². The van der Waals surface area contributed by atoms with Gasteiger partial charge in [0, 0.05) is 0 Å². The largest absolute Gasteiger partial charge is 0.329 e. The molecule has 1 aromatic carbocycles. The van der Waals surface area contributed by atoms with Crippen LogP contribution >= 0.6 is 11.6 Å². The van der Waals surface area contributed by atoms with Gasteiger partial charge in [-0.3, -0.25) is 15.0 Å². The van der Waals surface area contributed by atoms with Crippen LogP contribution in [0.25, 0.3) is 0 Å². The van der Waals surface area contributed by atoms with Gasteiger partial charge in [0.05, 0.1) is 10.7 Å². The van der Waals surface area contributed by atoms with E-state index in [0.29, 0.717) is 10.7 Å². The van der Waals surface area contributed by atoms with Gasteiger partial charge in [-0.05, 0) is 24.6 Å². The Hall–Kier alpha value is -1.55. The van der Waals surface area contributed by atoms with Crippen molar-refractivity contribution in [2.45, 2.75) is 6.92 Å². The number of imide groups is 1. The van der Waals surface area contributed by atoms with Crippen LogP contribution in [-0.2, 0) is 4.79 Å². The summed E-state index contributed by atoms with van der Waals surface area (Å²) in [5.74, 6) is -0.309. The summed E-state index contributed by atoms with van der Waals surface area (Å²) in [6, 6.07) is 4.91. The van der Waals surface area contributed by atoms with Crippen molar-refractivity contribution in [3.05, 3.63) is 28.8 Å². The zero-order valence-electron chi connectivity index (χ0n) is 8.08. The fourth-order valence-electron chi connectivity index (χ4n) is 1.47. The molecule has 0 radical (unpaired) electrons. The van der Waals surface area contributed by atoms with E-state index in [4.69, 9.17) is 11.6 Å². The van der Waals surface area contributed by atoms with Gasteiger partial charge in [-0.1, -0.05) is 17.7 Å². The number of hydrogen-bond donors (Lipinski definition) is 1. The highest BCUT2D eigenvalue weighted by Gasteiger charge is 2.29. The first-order valence-corrected chi connectivity index (χ1v) is 4.83. The minimum atomic E-state index is -0.425. The van der Waals surface area contributed by atoms with Crippen LogP contribution in [0.3, 0.4) is 0 Å². The molecule has 0 bridgehead atoms. The molecule has 0 saturated carbocycles. The molecule has 4 nitrogen and oxygen atoms in total. The number of halogens is 1. The third kappa shape index (κ3) is 1.80. The van der Waals surface area contributed by atoms with Crippen LogP contribution in [0.15, 0.2) is 18.2 Å². The number of hydrogen-bond acceptors (Lipinski definition) is 2. The number of benzene rings is 1. The molecule has 0 unspecified atom stereocenters. The smallest absolute Gasteiger partial charge is 0.283 e. The lowest BCUT2D eigenvalue weighted by atomic mass is 10.2. The standard InChI is InChI=1S/C10H9ClN2O2/c1-6-2-3-8(7(11)4-6)13-5-9(14)12-10(13)15/h2-4H,5H2,1H3,(H,12,14,15). The van der Waals surface area contributed by atoms with E-state index in [1.54, 1.807) is 12.1 Å². The first kappa shape index (κ1) is 9.98. The number of urea groups is 1. The molecule has 1 aliphatic rings. The van der Waals surface area contributed by atoms with Gasteiger partial charge in [0.2, 0.25) is 5.91 Å². The molecule has 1 aliphatic heterocycles. The van der Waals surface area contributed by atoms with E-state index in [1.807, 2.05) is 13.0 Å². The van der Waals surface area contributed by atoms with Gasteiger partial charge in [-0.15, -0.1) is 0 Å². The third-order valence-electron chi connectivity index (χ3n) is 2.19. The molecule has 2 rings (SSSR count). The number of aryl methyl sites for hydroxylation is 1. The molecular weight excluding hydrogens is 216 g/mol. The highest BCUT2D eigenvalue weighted by molar-refractivity contribution is 6.34. The van der Waals surface area contributed by atoms with Crippen molar-refractivity contribution in [1.29, 1.82) is 0 Å². The summed E-state index contributed by atoms with van der Waals surface area (Å²) in [7, 11) is 0. The van der Waals surface area contributed by atoms with Crippen molar-refractivity contribution in [3.8, 4) is 0 Å². The summed E-state index contributed by atoms with van der Waals surface area (Å²) in [5, 5.41) is 2.67. The zero-order valence-corrected chi connectivity index (χ0v) is 8.84. The monoisotopic (exact) mass is 224 g/mol. The number of nitrogens with one attached hydrogen (secondary N) is 1. The topological polar surface area (TPSA) is 49.4 Å². The Balaban J connectivity index is 2.38. The van der Waals surface area contributed by atoms with E-state index in [9.17, 15) is 9.59 Å². The highest BCUT2D eigenvalue weighted by atomic mass is 35.5. The first-order chi connectivity index (χ1) is 7.08. The Morgan fingerprint density at radius 2 is 2.13 bits per heavy atom. The molecule has 0 aliphatic carbocycles. The van der Waals surface area contributed by atoms with Gasteiger partial charge in [0.25, 0.3) is 0 Å². The lowest BCUT2D eigenvalue weighted by Gasteiger charge is -2.14. The number of amides is 3. The average molecular weight is 225 g/mol. The summed E-state index contributed by atoms with van der Waals surface area (Å²) >= 11 is 5.99. The lowest BCUT2D eigenvalue weighted by molar-refractivity contribution is -0.117. The Kier molecular flexibility index (Phi) is 2.36. The van der Waals surface area contributed by atoms with Crippen LogP contribution in [0.5, 0.6) is 0 Å². The maximum Gasteiger partial charge on any atom is 0.329 e. The van der Waals surface area contributed by atoms with E-state index >= 15 is 0 Å². The molecule has 5 heteroatoms. The zero-order chi connectivity index (χ0) is 11.0. The second-order valence-corrected chi connectivity index (χ2v) is 3.80. The van der Waals surface area contributed by atoms with E-state index in [1.165, 1.54) is 4.90 Å². The minimum absolute atomic E-state index is 0.0294. The molecular formula is C10H9ClN2O2. The molecule has 1 saturated heterocycles. The molecule has 0 aromatic heterocycles. The molecule has 1 fully saturated rings. The van der Waals surface area contributed by atoms with Crippen molar-refractivity contribution in [1.82, 2.24) is 5.32 Å². The first-order valence-electron chi connectivity index (χ1n) is 4.45. The van der Waals surface area contributed by atoms with Crippen LogP contribution in [-0.4, -0.2) is 18.5 Å². The number of anilines is 1. The van der Waals surface area contributed by atoms with Crippen LogP contribution in [0.2, 0.25) is 5.02 Å². The summed E-state index contributed by atoms with van der Waals surface area (Å²) < 4.78 is 0. The van der Waals surface area contributed by atoms with Crippen LogP contribution in [0, 0.1) is 6.92 Å². The number of carbonyl (C=O) groups excluding carboxylic acids is 2. The molecule has 0 atom stereocenters. The number of rotatable bonds is 1. The lowest BCUT2D eigenvalue weighted by Crippen LogP contribution is -2.28. The predicted octanol–water partition coefficient (Wildman–Crippen LogP) is 1.70. The molecule has 1 aromatic rings. The molecule has 78 valence electrons. The highest BCUT2D eigenvalue weighted by Crippen LogP contribution is 2.27. The maximum absolute atomic E-state index is 11.4. The normalized spacial score (nSPS) is 15.7. The summed E-state index contributed by atoms with van der Waals surface area (Å²) in [5.41, 5.74) is 1.57. The Morgan fingerprint density at radius 3 is 2.67 bits per heavy atom. The van der Waals surface area contributed by atoms with Crippen LogP contribution in [0.4, 0.5) is 10.5 Å². The SMILES string of the molecule is Cc1ccc(N2CC(=O)NC2=O)c(Cl)c1. The summed E-state index contributed by atoms with van der Waals surface area (Å²) in [4.78, 5) is 23.7. The fraction of sp³-hybridized carbons (Fsp3) is 0.200. The number of carbonyl (C=O) groups is 2. The second-order valence-electron chi connectivity index (χ2n) is 3.39. The minimum Gasteiger partial charge on any atom is -0.283 e. The average Bonchev–Trinajstić information content (AvgIpc) is 2.45. The van der Waals surface area contributed by atoms with Crippen LogP contribution in [0.1, 0.15) is 5.56 Å². The van der Waals surface area contributed by atoms with Gasteiger partial charge >= 0.3 is 6.03 Å². The Morgan fingerprint density at radius 1 is 1.40 bits per heavy atom. The second kappa shape index (κ2) is 3.55. The molecule has 0 spiro atoms. The Bertz CT molecular complexity index is 445. The van der Waals surface area contributed by atoms with Crippen molar-refractivity contribution >= 4 is 29.2 Å². The molecule has 3 amide bonds. The number of nitrogens with zero attached hydrogens (tertiary/aromatic N) is 1. The van der Waals surface area contributed by atoms with Gasteiger partial charge in [0.15, 0.2) is 0 Å².